The molecule has 0 aliphatic rings. The first-order valence-electron chi connectivity index (χ1n) is 5.22. The number of nitrogens with zero attached hydrogens (tertiary/aromatic N) is 3. The van der Waals surface area contributed by atoms with Gasteiger partial charge in [0.05, 0.1) is 12.8 Å². The average molecular weight is 226 g/mol. The smallest absolute Gasteiger partial charge is 0.322 e. The Balaban J connectivity index is 2.66. The van der Waals surface area contributed by atoms with Crippen LogP contribution in [0.5, 0.6) is 0 Å². The normalized spacial score (nSPS) is 10.6. The van der Waals surface area contributed by atoms with Gasteiger partial charge in [0.15, 0.2) is 0 Å². The molecule has 0 atom stereocenters. The lowest BCUT2D eigenvalue weighted by atomic mass is 10.4. The van der Waals surface area contributed by atoms with Gasteiger partial charge in [0.25, 0.3) is 0 Å². The molecule has 0 fully saturated rings. The van der Waals surface area contributed by atoms with Crippen LogP contribution in [0.25, 0.3) is 0 Å². The second-order valence-electron chi connectivity index (χ2n) is 3.83. The molecule has 16 heavy (non-hydrogen) atoms. The number of hydrogen-bond acceptors (Lipinski definition) is 3. The molecule has 0 saturated heterocycles. The zero-order valence-electron chi connectivity index (χ0n) is 9.84. The van der Waals surface area contributed by atoms with Crippen LogP contribution in [0.3, 0.4) is 0 Å². The van der Waals surface area contributed by atoms with Crippen LogP contribution in [-0.4, -0.2) is 46.0 Å². The van der Waals surface area contributed by atoms with E-state index in [0.29, 0.717) is 12.4 Å². The van der Waals surface area contributed by atoms with Crippen LogP contribution in [0.1, 0.15) is 19.9 Å². The number of likely N-dealkylation sites (N-methyl/N-ethyl adjacent to an activating group) is 1. The highest BCUT2D eigenvalue weighted by Crippen LogP contribution is 2.13. The predicted molar refractivity (Wildman–Crippen MR) is 61.3 cm³/mol. The second kappa shape index (κ2) is 5.50. The number of aliphatic hydroxyl groups is 1. The molecule has 6 nitrogen and oxygen atoms in total. The maximum atomic E-state index is 11.6. The van der Waals surface area contributed by atoms with Crippen LogP contribution in [0.4, 0.5) is 10.6 Å². The number of nitrogens with one attached hydrogen (secondary N) is 1. The number of rotatable bonds is 4. The molecule has 0 bridgehead atoms. The van der Waals surface area contributed by atoms with E-state index >= 15 is 0 Å². The fourth-order valence-corrected chi connectivity index (χ4v) is 1.28. The van der Waals surface area contributed by atoms with Gasteiger partial charge in [-0.15, -0.1) is 0 Å². The van der Waals surface area contributed by atoms with Crippen molar-refractivity contribution >= 4 is 11.8 Å². The summed E-state index contributed by atoms with van der Waals surface area (Å²) in [5.41, 5.74) is 0. The van der Waals surface area contributed by atoms with Crippen LogP contribution in [0.15, 0.2) is 12.3 Å². The van der Waals surface area contributed by atoms with E-state index in [0.717, 1.165) is 0 Å². The number of urea groups is 1. The van der Waals surface area contributed by atoms with Gasteiger partial charge in [0.2, 0.25) is 0 Å². The van der Waals surface area contributed by atoms with Crippen LogP contribution >= 0.6 is 0 Å². The van der Waals surface area contributed by atoms with Crippen molar-refractivity contribution in [2.75, 3.05) is 25.5 Å². The number of carbonyl (C=O) groups excluding carboxylic acids is 1. The third-order valence-corrected chi connectivity index (χ3v) is 2.18. The number of aromatic nitrogens is 2. The Morgan fingerprint density at radius 1 is 1.69 bits per heavy atom. The zero-order valence-corrected chi connectivity index (χ0v) is 9.84. The van der Waals surface area contributed by atoms with E-state index in [9.17, 15) is 4.79 Å². The number of amides is 2. The maximum absolute atomic E-state index is 11.6. The topological polar surface area (TPSA) is 70.4 Å². The highest BCUT2D eigenvalue weighted by Gasteiger charge is 2.12. The van der Waals surface area contributed by atoms with Crippen LogP contribution in [-0.2, 0) is 0 Å². The highest BCUT2D eigenvalue weighted by atomic mass is 16.3. The van der Waals surface area contributed by atoms with E-state index in [1.54, 1.807) is 24.0 Å². The van der Waals surface area contributed by atoms with Gasteiger partial charge in [-0.05, 0) is 13.8 Å². The first kappa shape index (κ1) is 12.5. The molecule has 1 rings (SSSR count). The molecule has 0 aromatic carbocycles. The van der Waals surface area contributed by atoms with Gasteiger partial charge in [0.1, 0.15) is 5.82 Å². The Morgan fingerprint density at radius 3 is 2.94 bits per heavy atom. The predicted octanol–water partition coefficient (Wildman–Crippen LogP) is 0.920. The molecule has 0 aliphatic heterocycles. The fraction of sp³-hybridized carbons (Fsp3) is 0.600. The summed E-state index contributed by atoms with van der Waals surface area (Å²) in [6, 6.07) is 1.68. The number of carbonyl (C=O) groups is 1. The van der Waals surface area contributed by atoms with Crippen LogP contribution in [0, 0.1) is 0 Å². The quantitative estimate of drug-likeness (QED) is 0.802. The van der Waals surface area contributed by atoms with Gasteiger partial charge in [-0.3, -0.25) is 5.32 Å². The summed E-state index contributed by atoms with van der Waals surface area (Å²) in [4.78, 5) is 13.1. The average Bonchev–Trinajstić information content (AvgIpc) is 2.66. The minimum atomic E-state index is -0.253. The summed E-state index contributed by atoms with van der Waals surface area (Å²) in [5.74, 6) is 0.657. The summed E-state index contributed by atoms with van der Waals surface area (Å²) in [6.45, 7) is 4.23. The van der Waals surface area contributed by atoms with E-state index in [2.05, 4.69) is 10.4 Å². The van der Waals surface area contributed by atoms with Crippen molar-refractivity contribution in [3.05, 3.63) is 12.3 Å². The third kappa shape index (κ3) is 2.96. The zero-order chi connectivity index (χ0) is 12.1. The van der Waals surface area contributed by atoms with Crippen molar-refractivity contribution < 1.29 is 9.90 Å². The summed E-state index contributed by atoms with van der Waals surface area (Å²) < 4.78 is 1.73. The van der Waals surface area contributed by atoms with Gasteiger partial charge in [-0.25, -0.2) is 9.48 Å². The summed E-state index contributed by atoms with van der Waals surface area (Å²) >= 11 is 0. The van der Waals surface area contributed by atoms with E-state index in [-0.39, 0.29) is 18.7 Å². The lowest BCUT2D eigenvalue weighted by molar-refractivity contribution is 0.202. The van der Waals surface area contributed by atoms with Gasteiger partial charge in [-0.1, -0.05) is 0 Å². The van der Waals surface area contributed by atoms with Crippen molar-refractivity contribution in [2.45, 2.75) is 19.9 Å². The molecule has 0 unspecified atom stereocenters. The van der Waals surface area contributed by atoms with E-state index in [4.69, 9.17) is 5.11 Å². The Labute approximate surface area is 94.9 Å². The lowest BCUT2D eigenvalue weighted by Crippen LogP contribution is -2.34. The SMILES string of the molecule is CC(C)n1nccc1NC(=O)N(C)CCO. The van der Waals surface area contributed by atoms with Crippen molar-refractivity contribution in [3.8, 4) is 0 Å². The highest BCUT2D eigenvalue weighted by molar-refractivity contribution is 5.88. The molecule has 6 heteroatoms. The number of aliphatic hydroxyl groups excluding tert-OH is 1. The third-order valence-electron chi connectivity index (χ3n) is 2.18. The van der Waals surface area contributed by atoms with Gasteiger partial charge in [-0.2, -0.15) is 5.10 Å². The standard InChI is InChI=1S/C10H18N4O2/c1-8(2)14-9(4-5-11-14)12-10(16)13(3)6-7-15/h4-5,8,15H,6-7H2,1-3H3,(H,12,16). The minimum absolute atomic E-state index is 0.0483. The van der Waals surface area contributed by atoms with E-state index < -0.39 is 0 Å². The summed E-state index contributed by atoms with van der Waals surface area (Å²) in [6.07, 6.45) is 1.64. The van der Waals surface area contributed by atoms with Crippen LogP contribution in [0.2, 0.25) is 0 Å². The Bertz CT molecular complexity index is 348. The van der Waals surface area contributed by atoms with Gasteiger partial charge < -0.3 is 10.0 Å². The number of anilines is 1. The molecular formula is C10H18N4O2. The fourth-order valence-electron chi connectivity index (χ4n) is 1.28. The lowest BCUT2D eigenvalue weighted by Gasteiger charge is -2.18. The molecule has 0 saturated carbocycles. The van der Waals surface area contributed by atoms with Crippen molar-refractivity contribution in [2.24, 2.45) is 0 Å². The molecule has 1 heterocycles. The Morgan fingerprint density at radius 2 is 2.38 bits per heavy atom. The van der Waals surface area contributed by atoms with Crippen molar-refractivity contribution in [3.63, 3.8) is 0 Å². The molecule has 0 aliphatic carbocycles. The number of hydrogen-bond donors (Lipinski definition) is 2. The van der Waals surface area contributed by atoms with E-state index in [1.807, 2.05) is 13.8 Å². The molecule has 2 N–H and O–H groups in total. The van der Waals surface area contributed by atoms with Gasteiger partial charge >= 0.3 is 6.03 Å². The molecule has 90 valence electrons. The van der Waals surface area contributed by atoms with Crippen molar-refractivity contribution in [1.82, 2.24) is 14.7 Å². The second-order valence-corrected chi connectivity index (χ2v) is 3.83. The first-order chi connectivity index (χ1) is 7.56. The largest absolute Gasteiger partial charge is 0.395 e. The van der Waals surface area contributed by atoms with Crippen molar-refractivity contribution in [1.29, 1.82) is 0 Å². The van der Waals surface area contributed by atoms with Gasteiger partial charge in [0, 0.05) is 25.7 Å². The Hall–Kier alpha value is -1.56. The molecule has 1 aromatic heterocycles. The Kier molecular flexibility index (Phi) is 4.30. The van der Waals surface area contributed by atoms with E-state index in [1.165, 1.54) is 4.90 Å². The summed E-state index contributed by atoms with van der Waals surface area (Å²) in [7, 11) is 1.63. The molecule has 1 aromatic rings. The molecule has 0 spiro atoms. The molecule has 0 radical (unpaired) electrons. The monoisotopic (exact) mass is 226 g/mol. The molecular weight excluding hydrogens is 208 g/mol. The maximum Gasteiger partial charge on any atom is 0.322 e. The molecule has 2 amide bonds. The minimum Gasteiger partial charge on any atom is -0.395 e. The first-order valence-corrected chi connectivity index (χ1v) is 5.22. The van der Waals surface area contributed by atoms with Crippen LogP contribution < -0.4 is 5.32 Å². The summed E-state index contributed by atoms with van der Waals surface area (Å²) in [5, 5.41) is 15.6.